The molecule has 30 heavy (non-hydrogen) atoms. The van der Waals surface area contributed by atoms with Crippen molar-refractivity contribution in [2.75, 3.05) is 26.2 Å². The van der Waals surface area contributed by atoms with Gasteiger partial charge in [0.1, 0.15) is 0 Å². The fourth-order valence-electron chi connectivity index (χ4n) is 5.52. The van der Waals surface area contributed by atoms with E-state index in [-0.39, 0.29) is 40.9 Å². The van der Waals surface area contributed by atoms with Gasteiger partial charge >= 0.3 is 0 Å². The van der Waals surface area contributed by atoms with E-state index in [1.165, 1.54) is 10.5 Å². The molecule has 2 bridgehead atoms. The molecule has 2 N–H and O–H groups in total. The number of allylic oxidation sites excluding steroid dienone is 2. The van der Waals surface area contributed by atoms with Crippen LogP contribution in [0.15, 0.2) is 47.5 Å². The van der Waals surface area contributed by atoms with Crippen LogP contribution in [0.1, 0.15) is 31.7 Å². The first kappa shape index (κ1) is 19.3. The number of hydrogen-bond acceptors (Lipinski definition) is 3. The van der Waals surface area contributed by atoms with Gasteiger partial charge in [-0.3, -0.25) is 19.5 Å². The van der Waals surface area contributed by atoms with Gasteiger partial charge in [-0.05, 0) is 43.6 Å². The minimum absolute atomic E-state index is 0.0200. The molecule has 5 rings (SSSR count). The van der Waals surface area contributed by atoms with E-state index < -0.39 is 0 Å². The zero-order valence-electron chi connectivity index (χ0n) is 17.5. The summed E-state index contributed by atoms with van der Waals surface area (Å²) in [5, 5.41) is 6.61. The summed E-state index contributed by atoms with van der Waals surface area (Å²) in [5.41, 5.74) is 1.52. The number of imide groups is 1. The van der Waals surface area contributed by atoms with Gasteiger partial charge in [0.2, 0.25) is 11.8 Å². The van der Waals surface area contributed by atoms with Gasteiger partial charge in [0.15, 0.2) is 5.96 Å². The molecule has 6 heteroatoms. The van der Waals surface area contributed by atoms with Crippen LogP contribution in [0, 0.1) is 23.7 Å². The van der Waals surface area contributed by atoms with Crippen LogP contribution in [-0.2, 0) is 15.0 Å². The van der Waals surface area contributed by atoms with Gasteiger partial charge in [0.25, 0.3) is 0 Å². The predicted octanol–water partition coefficient (Wildman–Crippen LogP) is 2.08. The number of carbonyl (C=O) groups excluding carboxylic acids is 2. The number of rotatable bonds is 7. The number of fused-ring (bicyclic) bond motifs is 5. The lowest BCUT2D eigenvalue weighted by molar-refractivity contribution is -0.140. The molecule has 158 valence electrons. The van der Waals surface area contributed by atoms with Crippen LogP contribution >= 0.6 is 0 Å². The Hall–Kier alpha value is -2.63. The molecule has 1 saturated heterocycles. The SMILES string of the molecule is CCNC(=NCC1(c2ccccc2)CC1)NCCN1C(=O)C2C3C=CC(C3)C2C1=O. The Kier molecular flexibility index (Phi) is 4.88. The Balaban J connectivity index is 1.18. The third kappa shape index (κ3) is 3.22. The van der Waals surface area contributed by atoms with Crippen molar-refractivity contribution in [2.45, 2.75) is 31.6 Å². The quantitative estimate of drug-likeness (QED) is 0.315. The van der Waals surface area contributed by atoms with Crippen molar-refractivity contribution in [3.8, 4) is 0 Å². The second-order valence-corrected chi connectivity index (χ2v) is 9.10. The summed E-state index contributed by atoms with van der Waals surface area (Å²) in [5.74, 6) is 1.09. The van der Waals surface area contributed by atoms with Crippen LogP contribution in [0.2, 0.25) is 0 Å². The Bertz CT molecular complexity index is 860. The van der Waals surface area contributed by atoms with Gasteiger partial charge in [-0.2, -0.15) is 0 Å². The highest BCUT2D eigenvalue weighted by Gasteiger charge is 2.58. The van der Waals surface area contributed by atoms with Crippen molar-refractivity contribution in [1.29, 1.82) is 0 Å². The summed E-state index contributed by atoms with van der Waals surface area (Å²) in [7, 11) is 0. The fraction of sp³-hybridized carbons (Fsp3) is 0.542. The Morgan fingerprint density at radius 3 is 2.33 bits per heavy atom. The average Bonchev–Trinajstić information content (AvgIpc) is 3.15. The number of carbonyl (C=O) groups is 2. The molecular formula is C24H30N4O2. The summed E-state index contributed by atoms with van der Waals surface area (Å²) in [4.78, 5) is 31.9. The van der Waals surface area contributed by atoms with Gasteiger partial charge in [-0.25, -0.2) is 0 Å². The van der Waals surface area contributed by atoms with Crippen LogP contribution in [0.3, 0.4) is 0 Å². The molecule has 1 heterocycles. The number of hydrogen-bond donors (Lipinski definition) is 2. The first-order valence-corrected chi connectivity index (χ1v) is 11.2. The van der Waals surface area contributed by atoms with Gasteiger partial charge in [0.05, 0.1) is 18.4 Å². The molecule has 0 spiro atoms. The highest BCUT2D eigenvalue weighted by Crippen LogP contribution is 2.52. The molecular weight excluding hydrogens is 376 g/mol. The van der Waals surface area contributed by atoms with Crippen molar-refractivity contribution >= 4 is 17.8 Å². The Morgan fingerprint density at radius 1 is 1.07 bits per heavy atom. The normalized spacial score (nSPS) is 30.7. The average molecular weight is 407 g/mol. The number of guanidine groups is 1. The summed E-state index contributed by atoms with van der Waals surface area (Å²) >= 11 is 0. The van der Waals surface area contributed by atoms with Crippen LogP contribution in [-0.4, -0.2) is 48.9 Å². The summed E-state index contributed by atoms with van der Waals surface area (Å²) in [6.07, 6.45) is 7.56. The van der Waals surface area contributed by atoms with Gasteiger partial charge < -0.3 is 10.6 Å². The zero-order valence-corrected chi connectivity index (χ0v) is 17.5. The van der Waals surface area contributed by atoms with E-state index in [0.717, 1.165) is 38.3 Å². The van der Waals surface area contributed by atoms with Crippen molar-refractivity contribution < 1.29 is 9.59 Å². The number of nitrogens with zero attached hydrogens (tertiary/aromatic N) is 2. The smallest absolute Gasteiger partial charge is 0.233 e. The molecule has 0 radical (unpaired) electrons. The monoisotopic (exact) mass is 406 g/mol. The summed E-state index contributed by atoms with van der Waals surface area (Å²) < 4.78 is 0. The van der Waals surface area contributed by atoms with Crippen molar-refractivity contribution in [3.63, 3.8) is 0 Å². The summed E-state index contributed by atoms with van der Waals surface area (Å²) in [6, 6.07) is 10.6. The van der Waals surface area contributed by atoms with Crippen molar-refractivity contribution in [2.24, 2.45) is 28.7 Å². The van der Waals surface area contributed by atoms with Gasteiger partial charge in [-0.15, -0.1) is 0 Å². The molecule has 1 aromatic rings. The molecule has 1 aromatic carbocycles. The molecule has 1 aliphatic heterocycles. The second-order valence-electron chi connectivity index (χ2n) is 9.10. The third-order valence-electron chi connectivity index (χ3n) is 7.31. The Labute approximate surface area is 177 Å². The van der Waals surface area contributed by atoms with Crippen LogP contribution in [0.4, 0.5) is 0 Å². The molecule has 3 fully saturated rings. The van der Waals surface area contributed by atoms with Crippen molar-refractivity contribution in [3.05, 3.63) is 48.0 Å². The maximum atomic E-state index is 12.8. The maximum absolute atomic E-state index is 12.8. The second kappa shape index (κ2) is 7.56. The van der Waals surface area contributed by atoms with E-state index in [2.05, 4.69) is 47.1 Å². The van der Waals surface area contributed by atoms with E-state index in [1.54, 1.807) is 0 Å². The first-order valence-electron chi connectivity index (χ1n) is 11.2. The third-order valence-corrected chi connectivity index (χ3v) is 7.31. The van der Waals surface area contributed by atoms with E-state index in [4.69, 9.17) is 4.99 Å². The lowest BCUT2D eigenvalue weighted by Gasteiger charge is -2.19. The molecule has 2 amide bonds. The highest BCUT2D eigenvalue weighted by molar-refractivity contribution is 6.06. The molecule has 4 atom stereocenters. The molecule has 4 unspecified atom stereocenters. The van der Waals surface area contributed by atoms with Gasteiger partial charge in [-0.1, -0.05) is 42.5 Å². The number of aliphatic imine (C=N–C) groups is 1. The zero-order chi connectivity index (χ0) is 20.7. The number of nitrogens with one attached hydrogen (secondary N) is 2. The minimum Gasteiger partial charge on any atom is -0.357 e. The van der Waals surface area contributed by atoms with E-state index in [9.17, 15) is 9.59 Å². The van der Waals surface area contributed by atoms with Crippen LogP contribution in [0.25, 0.3) is 0 Å². The molecule has 3 aliphatic carbocycles. The highest BCUT2D eigenvalue weighted by atomic mass is 16.2. The van der Waals surface area contributed by atoms with Crippen LogP contribution < -0.4 is 10.6 Å². The topological polar surface area (TPSA) is 73.8 Å². The lowest BCUT2D eigenvalue weighted by Crippen LogP contribution is -2.44. The maximum Gasteiger partial charge on any atom is 0.233 e. The molecule has 6 nitrogen and oxygen atoms in total. The van der Waals surface area contributed by atoms with Gasteiger partial charge in [0, 0.05) is 25.0 Å². The number of amides is 2. The van der Waals surface area contributed by atoms with E-state index in [0.29, 0.717) is 13.1 Å². The number of likely N-dealkylation sites (tertiary alicyclic amines) is 1. The Morgan fingerprint density at radius 2 is 1.73 bits per heavy atom. The van der Waals surface area contributed by atoms with Crippen molar-refractivity contribution in [1.82, 2.24) is 15.5 Å². The van der Waals surface area contributed by atoms with Crippen LogP contribution in [0.5, 0.6) is 0 Å². The lowest BCUT2D eigenvalue weighted by atomic mass is 9.85. The predicted molar refractivity (Wildman–Crippen MR) is 116 cm³/mol. The standard InChI is InChI=1S/C24H30N4O2/c1-2-25-23(27-15-24(10-11-24)18-6-4-3-5-7-18)26-12-13-28-21(29)19-16-8-9-17(14-16)20(19)22(28)30/h3-9,16-17,19-20H,2,10-15H2,1H3,(H2,25,26,27). The number of benzene rings is 1. The molecule has 0 aromatic heterocycles. The molecule has 4 aliphatic rings. The molecule has 2 saturated carbocycles. The van der Waals surface area contributed by atoms with E-state index in [1.807, 2.05) is 13.0 Å². The first-order chi connectivity index (χ1) is 14.6. The summed E-state index contributed by atoms with van der Waals surface area (Å²) in [6.45, 7) is 4.47. The largest absolute Gasteiger partial charge is 0.357 e. The van der Waals surface area contributed by atoms with E-state index >= 15 is 0 Å². The fourth-order valence-corrected chi connectivity index (χ4v) is 5.52. The minimum atomic E-state index is -0.116.